The highest BCUT2D eigenvalue weighted by Crippen LogP contribution is 2.58. The zero-order valence-electron chi connectivity index (χ0n) is 35.8. The molecule has 4 N–H and O–H groups in total. The smallest absolute Gasteiger partial charge is 0.412 e. The number of aliphatic hydroxyl groups is 3. The van der Waals surface area contributed by atoms with Crippen LogP contribution in [0.1, 0.15) is 120 Å². The van der Waals surface area contributed by atoms with Gasteiger partial charge in [-0.2, -0.15) is 0 Å². The molecule has 15 nitrogen and oxygen atoms in total. The van der Waals surface area contributed by atoms with Gasteiger partial charge in [0, 0.05) is 37.1 Å². The minimum Gasteiger partial charge on any atom is -0.459 e. The fourth-order valence-electron chi connectivity index (χ4n) is 8.04. The fourth-order valence-corrected chi connectivity index (χ4v) is 8.04. The molecule has 4 rings (SSSR count). The summed E-state index contributed by atoms with van der Waals surface area (Å²) in [5, 5.41) is 38.4. The molecule has 0 unspecified atom stereocenters. The van der Waals surface area contributed by atoms with Crippen molar-refractivity contribution in [2.45, 2.75) is 167 Å². The van der Waals surface area contributed by atoms with Crippen LogP contribution < -0.4 is 5.32 Å². The van der Waals surface area contributed by atoms with Crippen molar-refractivity contribution in [2.24, 2.45) is 5.92 Å². The number of amides is 1. The van der Waals surface area contributed by atoms with E-state index in [1.807, 2.05) is 0 Å². The Hall–Kier alpha value is -4.57. The van der Waals surface area contributed by atoms with Gasteiger partial charge in [-0.25, -0.2) is 14.4 Å². The van der Waals surface area contributed by atoms with Crippen molar-refractivity contribution in [3.8, 4) is 0 Å². The number of ether oxygens (including phenoxy) is 6. The Bertz CT molecular complexity index is 1820. The fraction of sp³-hybridized carbons (Fsp3) is 0.614. The zero-order valence-corrected chi connectivity index (χ0v) is 35.8. The quantitative estimate of drug-likeness (QED) is 0.0559. The Labute approximate surface area is 346 Å². The summed E-state index contributed by atoms with van der Waals surface area (Å²) in [5.41, 5.74) is -5.92. The molecule has 1 saturated carbocycles. The minimum atomic E-state index is -2.61. The number of nitrogens with one attached hydrogen (secondary N) is 1. The molecule has 326 valence electrons. The standard InChI is InChI=1S/C44H61NO14/c1-11-13-14-15-16-17-31(47)55-36-34-33(26(4)35(36)56-38(49)25(3)12-2)37-44(53,43(10,52)39(50)57-37)30(24-42(34,9)58-27(5)46)54-32(48)23-20-28-18-21-29(22-19-28)45-40(51)59-41(6,7)8/h12,18-23,30,34-37,39,50,52-53H,11,13-17,24H2,1-10H3,(H,45,51)/b23-20+,25-12-/t30-,34+,35-,36-,37-,39-,42-,43+,44+/m0/s1. The van der Waals surface area contributed by atoms with E-state index >= 15 is 0 Å². The normalized spacial score (nSPS) is 30.6. The number of unbranched alkanes of at least 4 members (excludes halogenated alkanes) is 4. The van der Waals surface area contributed by atoms with Crippen LogP contribution in [0.2, 0.25) is 0 Å². The van der Waals surface area contributed by atoms with Gasteiger partial charge in [0.15, 0.2) is 24.1 Å². The molecule has 1 aliphatic heterocycles. The van der Waals surface area contributed by atoms with Gasteiger partial charge in [0.2, 0.25) is 0 Å². The van der Waals surface area contributed by atoms with Crippen LogP contribution in [-0.4, -0.2) is 98.4 Å². The van der Waals surface area contributed by atoms with Crippen molar-refractivity contribution < 1.29 is 67.7 Å². The van der Waals surface area contributed by atoms with E-state index in [0.29, 0.717) is 17.7 Å². The number of benzene rings is 1. The van der Waals surface area contributed by atoms with Crippen LogP contribution in [0.25, 0.3) is 6.08 Å². The monoisotopic (exact) mass is 827 g/mol. The van der Waals surface area contributed by atoms with Gasteiger partial charge >= 0.3 is 30.0 Å². The van der Waals surface area contributed by atoms with Crippen LogP contribution >= 0.6 is 0 Å². The number of carbonyl (C=O) groups excluding carboxylic acids is 5. The van der Waals surface area contributed by atoms with Crippen molar-refractivity contribution in [3.05, 3.63) is 58.7 Å². The summed E-state index contributed by atoms with van der Waals surface area (Å²) >= 11 is 0. The maximum absolute atomic E-state index is 13.6. The summed E-state index contributed by atoms with van der Waals surface area (Å²) in [6.45, 7) is 15.9. The molecule has 0 spiro atoms. The third-order valence-electron chi connectivity index (χ3n) is 11.2. The molecule has 1 saturated heterocycles. The molecular formula is C44H61NO14. The number of carbonyl (C=O) groups is 5. The zero-order chi connectivity index (χ0) is 44.1. The predicted octanol–water partition coefficient (Wildman–Crippen LogP) is 5.98. The number of hydrogen-bond acceptors (Lipinski definition) is 14. The van der Waals surface area contributed by atoms with E-state index in [-0.39, 0.29) is 23.1 Å². The molecule has 0 bridgehead atoms. The second-order valence-corrected chi connectivity index (χ2v) is 17.0. The Balaban J connectivity index is 1.75. The predicted molar refractivity (Wildman–Crippen MR) is 215 cm³/mol. The van der Waals surface area contributed by atoms with E-state index in [1.165, 1.54) is 13.0 Å². The van der Waals surface area contributed by atoms with Gasteiger partial charge in [-0.05, 0) is 96.7 Å². The Morgan fingerprint density at radius 2 is 1.61 bits per heavy atom. The first kappa shape index (κ1) is 47.1. The summed E-state index contributed by atoms with van der Waals surface area (Å²) in [5.74, 6) is -4.25. The first-order chi connectivity index (χ1) is 27.5. The molecule has 1 heterocycles. The van der Waals surface area contributed by atoms with Gasteiger partial charge < -0.3 is 43.7 Å². The number of anilines is 1. The van der Waals surface area contributed by atoms with Crippen molar-refractivity contribution >= 4 is 41.7 Å². The molecule has 9 atom stereocenters. The Morgan fingerprint density at radius 1 is 0.966 bits per heavy atom. The number of aliphatic hydroxyl groups excluding tert-OH is 1. The molecule has 0 radical (unpaired) electrons. The average Bonchev–Trinajstić information content (AvgIpc) is 3.47. The van der Waals surface area contributed by atoms with E-state index in [0.717, 1.165) is 45.6 Å². The lowest BCUT2D eigenvalue weighted by atomic mass is 9.75. The molecule has 59 heavy (non-hydrogen) atoms. The number of rotatable bonds is 14. The number of esters is 4. The van der Waals surface area contributed by atoms with E-state index in [2.05, 4.69) is 12.2 Å². The highest BCUT2D eigenvalue weighted by atomic mass is 16.7. The lowest BCUT2D eigenvalue weighted by molar-refractivity contribution is -0.226. The first-order valence-corrected chi connectivity index (χ1v) is 20.2. The van der Waals surface area contributed by atoms with Gasteiger partial charge in [0.05, 0.1) is 5.92 Å². The van der Waals surface area contributed by atoms with E-state index in [1.54, 1.807) is 71.9 Å². The highest BCUT2D eigenvalue weighted by Gasteiger charge is 2.75. The van der Waals surface area contributed by atoms with Crippen LogP contribution in [0, 0.1) is 5.92 Å². The van der Waals surface area contributed by atoms with Crippen LogP contribution in [-0.2, 0) is 47.6 Å². The number of hydrogen-bond donors (Lipinski definition) is 4. The Morgan fingerprint density at radius 3 is 2.20 bits per heavy atom. The van der Waals surface area contributed by atoms with Gasteiger partial charge in [-0.3, -0.25) is 14.9 Å². The molecule has 0 aromatic heterocycles. The SMILES string of the molecule is C/C=C(/C)C(=O)O[C@H]1C(C)=C2[C@H]([C@@H]1OC(=O)CCCCCCC)[C@@](C)(OC(C)=O)C[C@H](OC(=O)/C=C/c1ccc(NC(=O)OC(C)(C)C)cc1)[C@@]1(O)[C@H]2O[C@H](O)[C@@]1(C)O. The van der Waals surface area contributed by atoms with Gasteiger partial charge in [0.1, 0.15) is 29.0 Å². The molecule has 3 aliphatic rings. The van der Waals surface area contributed by atoms with E-state index in [9.17, 15) is 39.3 Å². The maximum Gasteiger partial charge on any atom is 0.412 e. The molecule has 1 aromatic rings. The van der Waals surface area contributed by atoms with Crippen molar-refractivity contribution in [1.29, 1.82) is 0 Å². The van der Waals surface area contributed by atoms with Crippen LogP contribution in [0.4, 0.5) is 10.5 Å². The molecule has 2 fully saturated rings. The van der Waals surface area contributed by atoms with Crippen LogP contribution in [0.3, 0.4) is 0 Å². The summed E-state index contributed by atoms with van der Waals surface area (Å²) in [7, 11) is 0. The number of fused-ring (bicyclic) bond motifs is 3. The third-order valence-corrected chi connectivity index (χ3v) is 11.2. The van der Waals surface area contributed by atoms with Crippen molar-refractivity contribution in [3.63, 3.8) is 0 Å². The van der Waals surface area contributed by atoms with Crippen LogP contribution in [0.5, 0.6) is 0 Å². The molecule has 1 aromatic carbocycles. The van der Waals surface area contributed by atoms with E-state index < -0.39 is 95.4 Å². The van der Waals surface area contributed by atoms with Gasteiger partial charge in [-0.1, -0.05) is 50.8 Å². The minimum absolute atomic E-state index is 0.0486. The summed E-state index contributed by atoms with van der Waals surface area (Å²) in [4.78, 5) is 65.6. The molecule has 1 amide bonds. The Kier molecular flexibility index (Phi) is 15.0. The topological polar surface area (TPSA) is 213 Å². The second kappa shape index (κ2) is 18.8. The lowest BCUT2D eigenvalue weighted by Crippen LogP contribution is -2.65. The summed E-state index contributed by atoms with van der Waals surface area (Å²) in [6, 6.07) is 6.45. The largest absolute Gasteiger partial charge is 0.459 e. The van der Waals surface area contributed by atoms with Gasteiger partial charge in [-0.15, -0.1) is 0 Å². The first-order valence-electron chi connectivity index (χ1n) is 20.2. The lowest BCUT2D eigenvalue weighted by Gasteiger charge is -2.43. The van der Waals surface area contributed by atoms with Crippen LogP contribution in [0.15, 0.2) is 53.1 Å². The maximum atomic E-state index is 13.6. The molecular weight excluding hydrogens is 766 g/mol. The highest BCUT2D eigenvalue weighted by molar-refractivity contribution is 5.89. The van der Waals surface area contributed by atoms with Crippen molar-refractivity contribution in [2.75, 3.05) is 5.32 Å². The summed E-state index contributed by atoms with van der Waals surface area (Å²) < 4.78 is 35.3. The molecule has 2 aliphatic carbocycles. The molecule has 15 heteroatoms. The summed E-state index contributed by atoms with van der Waals surface area (Å²) in [6.07, 6.45) is -0.704. The third kappa shape index (κ3) is 10.6. The second-order valence-electron chi connectivity index (χ2n) is 17.0. The van der Waals surface area contributed by atoms with Gasteiger partial charge in [0.25, 0.3) is 0 Å². The van der Waals surface area contributed by atoms with E-state index in [4.69, 9.17) is 28.4 Å². The number of allylic oxidation sites excluding steroid dienone is 1. The van der Waals surface area contributed by atoms with Crippen molar-refractivity contribution in [1.82, 2.24) is 0 Å². The average molecular weight is 828 g/mol.